The van der Waals surface area contributed by atoms with E-state index in [4.69, 9.17) is 28.3 Å². The third-order valence-electron chi connectivity index (χ3n) is 4.19. The molecule has 1 aromatic carbocycles. The largest absolute Gasteiger partial charge is 0.480 e. The molecule has 24 heavy (non-hydrogen) atoms. The summed E-state index contributed by atoms with van der Waals surface area (Å²) in [6, 6.07) is 4.33. The summed E-state index contributed by atoms with van der Waals surface area (Å²) in [5.74, 6) is -0.887. The molecule has 134 valence electrons. The summed E-state index contributed by atoms with van der Waals surface area (Å²) in [5, 5.41) is 9.40. The number of hydrogen-bond donors (Lipinski definition) is 1. The molecule has 1 saturated heterocycles. The van der Waals surface area contributed by atoms with Gasteiger partial charge in [0, 0.05) is 19.1 Å². The van der Waals surface area contributed by atoms with E-state index in [0.29, 0.717) is 31.0 Å². The molecule has 1 N–H and O–H groups in total. The normalized spacial score (nSPS) is 20.1. The van der Waals surface area contributed by atoms with Crippen LogP contribution in [-0.4, -0.2) is 61.4 Å². The van der Waals surface area contributed by atoms with Crippen LogP contribution in [0.25, 0.3) is 0 Å². The summed E-state index contributed by atoms with van der Waals surface area (Å²) in [6.45, 7) is 0.696. The zero-order chi connectivity index (χ0) is 17.9. The minimum absolute atomic E-state index is 0.0510. The van der Waals surface area contributed by atoms with Crippen molar-refractivity contribution >= 4 is 39.2 Å². The number of nitrogens with zero attached hydrogens (tertiary/aromatic N) is 2. The minimum Gasteiger partial charge on any atom is -0.480 e. The van der Waals surface area contributed by atoms with Gasteiger partial charge in [0.05, 0.1) is 21.5 Å². The first-order chi connectivity index (χ1) is 11.2. The highest BCUT2D eigenvalue weighted by Gasteiger charge is 2.29. The number of aliphatic carboxylic acids is 1. The summed E-state index contributed by atoms with van der Waals surface area (Å²) in [6.07, 6.45) is 2.02. The van der Waals surface area contributed by atoms with Crippen molar-refractivity contribution in [3.05, 3.63) is 28.2 Å². The van der Waals surface area contributed by atoms with Gasteiger partial charge in [-0.25, -0.2) is 8.42 Å². The molecule has 1 fully saturated rings. The molecule has 0 amide bonds. The molecule has 0 bridgehead atoms. The Morgan fingerprint density at radius 2 is 2.00 bits per heavy atom. The zero-order valence-corrected chi connectivity index (χ0v) is 15.6. The number of sulfonamides is 1. The Kier molecular flexibility index (Phi) is 6.50. The lowest BCUT2D eigenvalue weighted by Crippen LogP contribution is -2.37. The number of carboxylic acids is 1. The highest BCUT2D eigenvalue weighted by atomic mass is 35.5. The summed E-state index contributed by atoms with van der Waals surface area (Å²) >= 11 is 11.8. The molecule has 2 rings (SSSR count). The third kappa shape index (κ3) is 4.61. The van der Waals surface area contributed by atoms with E-state index in [0.717, 1.165) is 6.42 Å². The van der Waals surface area contributed by atoms with Crippen LogP contribution in [0.4, 0.5) is 0 Å². The minimum atomic E-state index is -3.64. The van der Waals surface area contributed by atoms with Gasteiger partial charge in [0.25, 0.3) is 0 Å². The Morgan fingerprint density at radius 3 is 2.62 bits per heavy atom. The van der Waals surface area contributed by atoms with Crippen molar-refractivity contribution in [3.63, 3.8) is 0 Å². The van der Waals surface area contributed by atoms with Gasteiger partial charge in [-0.05, 0) is 44.5 Å². The monoisotopic (exact) mass is 394 g/mol. The van der Waals surface area contributed by atoms with Gasteiger partial charge in [-0.1, -0.05) is 23.2 Å². The van der Waals surface area contributed by atoms with Crippen molar-refractivity contribution in [1.82, 2.24) is 9.21 Å². The maximum atomic E-state index is 12.8. The Hall–Kier alpha value is -0.860. The van der Waals surface area contributed by atoms with Crippen molar-refractivity contribution < 1.29 is 18.3 Å². The molecular weight excluding hydrogens is 375 g/mol. The molecule has 1 atom stereocenters. The van der Waals surface area contributed by atoms with Crippen LogP contribution in [0.15, 0.2) is 23.1 Å². The van der Waals surface area contributed by atoms with E-state index in [1.165, 1.54) is 22.5 Å². The lowest BCUT2D eigenvalue weighted by atomic mass is 10.1. The molecule has 0 saturated carbocycles. The van der Waals surface area contributed by atoms with Crippen molar-refractivity contribution in [2.24, 2.45) is 0 Å². The standard InChI is InChI=1S/C15H20Cl2N2O4S/c1-18(10-15(20)21)11-3-2-7-19(8-6-11)24(22,23)12-4-5-13(16)14(17)9-12/h4-5,9,11H,2-3,6-8,10H2,1H3,(H,20,21). The predicted molar refractivity (Wildman–Crippen MR) is 93.1 cm³/mol. The van der Waals surface area contributed by atoms with Crippen LogP contribution in [0, 0.1) is 0 Å². The lowest BCUT2D eigenvalue weighted by Gasteiger charge is -2.25. The summed E-state index contributed by atoms with van der Waals surface area (Å²) < 4.78 is 27.0. The van der Waals surface area contributed by atoms with Gasteiger partial charge >= 0.3 is 5.97 Å². The number of benzene rings is 1. The van der Waals surface area contributed by atoms with Crippen LogP contribution in [0.1, 0.15) is 19.3 Å². The number of carbonyl (C=O) groups is 1. The highest BCUT2D eigenvalue weighted by molar-refractivity contribution is 7.89. The zero-order valence-electron chi connectivity index (χ0n) is 13.3. The molecule has 1 aliphatic rings. The van der Waals surface area contributed by atoms with E-state index < -0.39 is 16.0 Å². The number of rotatable bonds is 5. The maximum absolute atomic E-state index is 12.8. The average Bonchev–Trinajstić information content (AvgIpc) is 2.75. The second kappa shape index (κ2) is 8.01. The molecule has 0 aromatic heterocycles. The van der Waals surface area contributed by atoms with Gasteiger partial charge in [-0.15, -0.1) is 0 Å². The molecular formula is C15H20Cl2N2O4S. The van der Waals surface area contributed by atoms with E-state index in [2.05, 4.69) is 0 Å². The highest BCUT2D eigenvalue weighted by Crippen LogP contribution is 2.28. The lowest BCUT2D eigenvalue weighted by molar-refractivity contribution is -0.138. The van der Waals surface area contributed by atoms with Crippen LogP contribution in [0.3, 0.4) is 0 Å². The van der Waals surface area contributed by atoms with Crippen molar-refractivity contribution in [3.8, 4) is 0 Å². The fourth-order valence-corrected chi connectivity index (χ4v) is 4.75. The number of halogens is 2. The van der Waals surface area contributed by atoms with Gasteiger partial charge in [-0.3, -0.25) is 9.69 Å². The summed E-state index contributed by atoms with van der Waals surface area (Å²) in [5.41, 5.74) is 0. The van der Waals surface area contributed by atoms with Crippen molar-refractivity contribution in [2.45, 2.75) is 30.2 Å². The smallest absolute Gasteiger partial charge is 0.317 e. The molecule has 1 unspecified atom stereocenters. The summed E-state index contributed by atoms with van der Waals surface area (Å²) in [7, 11) is -1.89. The summed E-state index contributed by atoms with van der Waals surface area (Å²) in [4.78, 5) is 12.7. The van der Waals surface area contributed by atoms with Gasteiger partial charge in [0.2, 0.25) is 10.0 Å². The maximum Gasteiger partial charge on any atom is 0.317 e. The van der Waals surface area contributed by atoms with Gasteiger partial charge < -0.3 is 5.11 Å². The Bertz CT molecular complexity index is 711. The molecule has 6 nitrogen and oxygen atoms in total. The van der Waals surface area contributed by atoms with E-state index in [9.17, 15) is 13.2 Å². The van der Waals surface area contributed by atoms with Gasteiger partial charge in [0.1, 0.15) is 0 Å². The molecule has 0 aliphatic carbocycles. The Balaban J connectivity index is 2.12. The fraction of sp³-hybridized carbons (Fsp3) is 0.533. The average molecular weight is 395 g/mol. The van der Waals surface area contributed by atoms with Crippen LogP contribution in [0.2, 0.25) is 10.0 Å². The fourth-order valence-electron chi connectivity index (χ4n) is 2.86. The molecule has 0 radical (unpaired) electrons. The van der Waals surface area contributed by atoms with Crippen LogP contribution < -0.4 is 0 Å². The van der Waals surface area contributed by atoms with Gasteiger partial charge in [-0.2, -0.15) is 4.31 Å². The number of likely N-dealkylation sites (N-methyl/N-ethyl adjacent to an activating group) is 1. The predicted octanol–water partition coefficient (Wildman–Crippen LogP) is 2.55. The Labute approximate surface area is 152 Å². The quantitative estimate of drug-likeness (QED) is 0.829. The van der Waals surface area contributed by atoms with E-state index in [-0.39, 0.29) is 22.5 Å². The van der Waals surface area contributed by atoms with Gasteiger partial charge in [0.15, 0.2) is 0 Å². The SMILES string of the molecule is CN(CC(=O)O)C1CCCN(S(=O)(=O)c2ccc(Cl)c(Cl)c2)CC1. The van der Waals surface area contributed by atoms with E-state index in [1.807, 2.05) is 0 Å². The third-order valence-corrected chi connectivity index (χ3v) is 6.83. The molecule has 1 aromatic rings. The van der Waals surface area contributed by atoms with Crippen molar-refractivity contribution in [2.75, 3.05) is 26.7 Å². The second-order valence-corrected chi connectivity index (χ2v) is 8.63. The number of carboxylic acid groups (broad SMARTS) is 1. The van der Waals surface area contributed by atoms with Crippen LogP contribution in [0.5, 0.6) is 0 Å². The molecule has 0 spiro atoms. The molecule has 1 aliphatic heterocycles. The topological polar surface area (TPSA) is 77.9 Å². The second-order valence-electron chi connectivity index (χ2n) is 5.87. The van der Waals surface area contributed by atoms with E-state index >= 15 is 0 Å². The van der Waals surface area contributed by atoms with Crippen LogP contribution >= 0.6 is 23.2 Å². The first kappa shape index (κ1) is 19.5. The van der Waals surface area contributed by atoms with Crippen LogP contribution in [-0.2, 0) is 14.8 Å². The first-order valence-electron chi connectivity index (χ1n) is 7.59. The first-order valence-corrected chi connectivity index (χ1v) is 9.78. The molecule has 1 heterocycles. The van der Waals surface area contributed by atoms with Crippen molar-refractivity contribution in [1.29, 1.82) is 0 Å². The van der Waals surface area contributed by atoms with E-state index in [1.54, 1.807) is 11.9 Å². The Morgan fingerprint density at radius 1 is 1.29 bits per heavy atom. The molecule has 9 heteroatoms. The number of hydrogen-bond acceptors (Lipinski definition) is 4.